The normalized spacial score (nSPS) is 20.7. The molecule has 0 spiro atoms. The van der Waals surface area contributed by atoms with Gasteiger partial charge in [-0.25, -0.2) is 0 Å². The Balaban J connectivity index is 1.86. The first kappa shape index (κ1) is 14.3. The monoisotopic (exact) mass is 266 g/mol. The zero-order valence-corrected chi connectivity index (χ0v) is 12.4. The molecule has 0 amide bonds. The summed E-state index contributed by atoms with van der Waals surface area (Å²) in [6.45, 7) is 8.95. The van der Waals surface area contributed by atoms with Crippen molar-refractivity contribution in [1.82, 2.24) is 15.1 Å². The average Bonchev–Trinajstić information content (AvgIpc) is 2.88. The van der Waals surface area contributed by atoms with Gasteiger partial charge < -0.3 is 14.2 Å². The van der Waals surface area contributed by atoms with Gasteiger partial charge in [-0.3, -0.25) is 0 Å². The number of hydrogen-bond donors (Lipinski definition) is 0. The van der Waals surface area contributed by atoms with E-state index < -0.39 is 0 Å². The first-order chi connectivity index (χ1) is 9.22. The fourth-order valence-electron chi connectivity index (χ4n) is 2.77. The average molecular weight is 266 g/mol. The number of nitrogens with zero attached hydrogens (tertiary/aromatic N) is 4. The molecular weight excluding hydrogens is 240 g/mol. The van der Waals surface area contributed by atoms with Crippen LogP contribution < -0.4 is 4.90 Å². The molecule has 1 aliphatic heterocycles. The highest BCUT2D eigenvalue weighted by Crippen LogP contribution is 2.20. The molecule has 1 aliphatic rings. The summed E-state index contributed by atoms with van der Waals surface area (Å²) in [6.07, 6.45) is 4.52. The van der Waals surface area contributed by atoms with Gasteiger partial charge in [0.2, 0.25) is 5.89 Å². The van der Waals surface area contributed by atoms with Crippen LogP contribution in [0.4, 0.5) is 6.01 Å². The van der Waals surface area contributed by atoms with Crippen LogP contribution >= 0.6 is 0 Å². The van der Waals surface area contributed by atoms with Crippen molar-refractivity contribution in [3.63, 3.8) is 0 Å². The van der Waals surface area contributed by atoms with E-state index in [1.807, 2.05) is 7.05 Å². The van der Waals surface area contributed by atoms with E-state index in [1.54, 1.807) is 0 Å². The van der Waals surface area contributed by atoms with Gasteiger partial charge in [0.05, 0.1) is 0 Å². The van der Waals surface area contributed by atoms with Crippen LogP contribution in [-0.4, -0.2) is 48.3 Å². The fraction of sp³-hybridized carbons (Fsp3) is 0.857. The summed E-state index contributed by atoms with van der Waals surface area (Å²) in [6, 6.07) is 0.664. The summed E-state index contributed by atoms with van der Waals surface area (Å²) in [5.74, 6) is 1.46. The maximum Gasteiger partial charge on any atom is 0.317 e. The van der Waals surface area contributed by atoms with Crippen molar-refractivity contribution >= 4 is 6.01 Å². The highest BCUT2D eigenvalue weighted by Gasteiger charge is 2.21. The third-order valence-electron chi connectivity index (χ3n) is 3.83. The lowest BCUT2D eigenvalue weighted by atomic mass is 9.98. The molecule has 1 saturated heterocycles. The molecule has 0 radical (unpaired) electrons. The van der Waals surface area contributed by atoms with Gasteiger partial charge in [-0.15, -0.1) is 5.10 Å². The Labute approximate surface area is 116 Å². The van der Waals surface area contributed by atoms with Crippen LogP contribution in [0.3, 0.4) is 0 Å². The van der Waals surface area contributed by atoms with Gasteiger partial charge in [-0.2, -0.15) is 0 Å². The van der Waals surface area contributed by atoms with Gasteiger partial charge in [0, 0.05) is 26.6 Å². The number of piperidine rings is 1. The Kier molecular flexibility index (Phi) is 5.19. The molecule has 108 valence electrons. The summed E-state index contributed by atoms with van der Waals surface area (Å²) in [7, 11) is 2.05. The van der Waals surface area contributed by atoms with E-state index in [1.165, 1.54) is 25.9 Å². The molecule has 1 atom stereocenters. The first-order valence-electron chi connectivity index (χ1n) is 7.48. The predicted octanol–water partition coefficient (Wildman–Crippen LogP) is 2.19. The van der Waals surface area contributed by atoms with Gasteiger partial charge in [-0.1, -0.05) is 18.9 Å². The molecule has 2 heterocycles. The predicted molar refractivity (Wildman–Crippen MR) is 76.4 cm³/mol. The number of aryl methyl sites for hydroxylation is 1. The lowest BCUT2D eigenvalue weighted by Crippen LogP contribution is -2.40. The smallest absolute Gasteiger partial charge is 0.317 e. The third kappa shape index (κ3) is 3.93. The molecule has 19 heavy (non-hydrogen) atoms. The molecule has 1 fully saturated rings. The quantitative estimate of drug-likeness (QED) is 0.790. The van der Waals surface area contributed by atoms with Gasteiger partial charge >= 0.3 is 6.01 Å². The van der Waals surface area contributed by atoms with Crippen LogP contribution in [-0.2, 0) is 6.42 Å². The van der Waals surface area contributed by atoms with Crippen LogP contribution in [0.15, 0.2) is 4.42 Å². The maximum atomic E-state index is 5.67. The van der Waals surface area contributed by atoms with Crippen molar-refractivity contribution < 1.29 is 4.42 Å². The zero-order valence-electron chi connectivity index (χ0n) is 12.4. The molecule has 0 bridgehead atoms. The van der Waals surface area contributed by atoms with E-state index in [9.17, 15) is 0 Å². The van der Waals surface area contributed by atoms with Gasteiger partial charge in [0.25, 0.3) is 0 Å². The largest absolute Gasteiger partial charge is 0.408 e. The van der Waals surface area contributed by atoms with Crippen LogP contribution in [0.1, 0.15) is 39.0 Å². The summed E-state index contributed by atoms with van der Waals surface area (Å²) in [5.41, 5.74) is 0. The summed E-state index contributed by atoms with van der Waals surface area (Å²) >= 11 is 0. The van der Waals surface area contributed by atoms with E-state index in [-0.39, 0.29) is 0 Å². The van der Waals surface area contributed by atoms with Crippen LogP contribution in [0.25, 0.3) is 0 Å². The van der Waals surface area contributed by atoms with Crippen molar-refractivity contribution in [2.45, 2.75) is 39.5 Å². The number of likely N-dealkylation sites (tertiary alicyclic amines) is 1. The van der Waals surface area contributed by atoms with Crippen molar-refractivity contribution in [1.29, 1.82) is 0 Å². The number of hydrogen-bond acceptors (Lipinski definition) is 5. The molecule has 0 saturated carbocycles. The molecule has 1 aromatic heterocycles. The third-order valence-corrected chi connectivity index (χ3v) is 3.83. The second kappa shape index (κ2) is 6.89. The first-order valence-corrected chi connectivity index (χ1v) is 7.48. The zero-order chi connectivity index (χ0) is 13.7. The van der Waals surface area contributed by atoms with Gasteiger partial charge in [-0.05, 0) is 38.3 Å². The Bertz CT molecular complexity index is 379. The van der Waals surface area contributed by atoms with Gasteiger partial charge in [0.15, 0.2) is 0 Å². The van der Waals surface area contributed by atoms with Crippen molar-refractivity contribution in [2.75, 3.05) is 38.1 Å². The standard InChI is InChI=1S/C14H26N4O/c1-4-7-13-15-16-14(19-13)17(3)10-12-8-6-9-18(5-2)11-12/h12H,4-11H2,1-3H3/t12-/m0/s1. The maximum absolute atomic E-state index is 5.67. The number of rotatable bonds is 6. The molecule has 0 aromatic carbocycles. The van der Waals surface area contributed by atoms with E-state index in [4.69, 9.17) is 4.42 Å². The molecule has 1 aromatic rings. The van der Waals surface area contributed by atoms with Crippen LogP contribution in [0.2, 0.25) is 0 Å². The highest BCUT2D eigenvalue weighted by molar-refractivity contribution is 5.22. The fourth-order valence-corrected chi connectivity index (χ4v) is 2.77. The van der Waals surface area contributed by atoms with Gasteiger partial charge in [0.1, 0.15) is 0 Å². The Morgan fingerprint density at radius 2 is 2.21 bits per heavy atom. The molecule has 2 rings (SSSR count). The SMILES string of the molecule is CCCc1nnc(N(C)C[C@@H]2CCCN(CC)C2)o1. The Hall–Kier alpha value is -1.10. The van der Waals surface area contributed by atoms with Crippen molar-refractivity contribution in [2.24, 2.45) is 5.92 Å². The minimum Gasteiger partial charge on any atom is -0.408 e. The molecule has 0 N–H and O–H groups in total. The Morgan fingerprint density at radius 1 is 1.37 bits per heavy atom. The summed E-state index contributed by atoms with van der Waals surface area (Å²) < 4.78 is 5.67. The molecule has 0 unspecified atom stereocenters. The van der Waals surface area contributed by atoms with E-state index in [0.29, 0.717) is 11.9 Å². The van der Waals surface area contributed by atoms with Crippen LogP contribution in [0, 0.1) is 5.92 Å². The number of anilines is 1. The molecule has 5 heteroatoms. The van der Waals surface area contributed by atoms with E-state index in [0.717, 1.165) is 31.8 Å². The van der Waals surface area contributed by atoms with Crippen molar-refractivity contribution in [3.8, 4) is 0 Å². The topological polar surface area (TPSA) is 45.4 Å². The van der Waals surface area contributed by atoms with E-state index >= 15 is 0 Å². The number of aromatic nitrogens is 2. The van der Waals surface area contributed by atoms with E-state index in [2.05, 4.69) is 33.8 Å². The molecule has 0 aliphatic carbocycles. The minimum absolute atomic E-state index is 0.664. The second-order valence-electron chi connectivity index (χ2n) is 5.51. The molecular formula is C14H26N4O. The van der Waals surface area contributed by atoms with Crippen molar-refractivity contribution in [3.05, 3.63) is 5.89 Å². The minimum atomic E-state index is 0.664. The molecule has 5 nitrogen and oxygen atoms in total. The lowest BCUT2D eigenvalue weighted by molar-refractivity contribution is 0.184. The highest BCUT2D eigenvalue weighted by atomic mass is 16.4. The summed E-state index contributed by atoms with van der Waals surface area (Å²) in [5, 5.41) is 8.22. The second-order valence-corrected chi connectivity index (χ2v) is 5.51. The van der Waals surface area contributed by atoms with Crippen LogP contribution in [0.5, 0.6) is 0 Å². The Morgan fingerprint density at radius 3 is 2.95 bits per heavy atom. The summed E-state index contributed by atoms with van der Waals surface area (Å²) in [4.78, 5) is 4.63. The lowest BCUT2D eigenvalue weighted by Gasteiger charge is -2.33.